The van der Waals surface area contributed by atoms with Crippen LogP contribution in [0, 0.1) is 0 Å². The van der Waals surface area contributed by atoms with E-state index in [2.05, 4.69) is 0 Å². The van der Waals surface area contributed by atoms with Gasteiger partial charge in [-0.1, -0.05) is 23.7 Å². The highest BCUT2D eigenvalue weighted by molar-refractivity contribution is 7.99. The fourth-order valence-corrected chi connectivity index (χ4v) is 2.53. The van der Waals surface area contributed by atoms with Gasteiger partial charge in [0.15, 0.2) is 0 Å². The predicted octanol–water partition coefficient (Wildman–Crippen LogP) is 3.73. The van der Waals surface area contributed by atoms with Gasteiger partial charge in [0.2, 0.25) is 0 Å². The summed E-state index contributed by atoms with van der Waals surface area (Å²) in [6, 6.07) is 11.4. The monoisotopic (exact) mass is 253 g/mol. The van der Waals surface area contributed by atoms with Crippen LogP contribution in [0.3, 0.4) is 0 Å². The van der Waals surface area contributed by atoms with Gasteiger partial charge in [-0.05, 0) is 24.3 Å². The van der Waals surface area contributed by atoms with Crippen molar-refractivity contribution in [1.29, 1.82) is 0 Å². The summed E-state index contributed by atoms with van der Waals surface area (Å²) in [5, 5.41) is 0.763. The molecular formula is C12H12ClNOS. The van der Waals surface area contributed by atoms with Gasteiger partial charge in [-0.15, -0.1) is 11.8 Å². The maximum Gasteiger partial charge on any atom is 0.121 e. The number of thioether (sulfide) groups is 1. The second kappa shape index (κ2) is 5.43. The fraction of sp³-hybridized carbons (Fsp3) is 0.167. The summed E-state index contributed by atoms with van der Waals surface area (Å²) in [7, 11) is 0. The molecule has 4 heteroatoms. The van der Waals surface area contributed by atoms with Crippen LogP contribution in [0.1, 0.15) is 11.8 Å². The van der Waals surface area contributed by atoms with Crippen molar-refractivity contribution in [3.8, 4) is 0 Å². The number of halogens is 1. The lowest BCUT2D eigenvalue weighted by molar-refractivity contribution is 0.482. The molecule has 0 aliphatic heterocycles. The molecule has 0 saturated heterocycles. The van der Waals surface area contributed by atoms with Gasteiger partial charge < -0.3 is 10.2 Å². The summed E-state index contributed by atoms with van der Waals surface area (Å²) < 4.78 is 5.24. The average molecular weight is 254 g/mol. The number of hydrogen-bond acceptors (Lipinski definition) is 3. The molecule has 0 aliphatic carbocycles. The first-order valence-corrected chi connectivity index (χ1v) is 6.30. The Morgan fingerprint density at radius 1 is 1.25 bits per heavy atom. The van der Waals surface area contributed by atoms with Gasteiger partial charge in [-0.25, -0.2) is 0 Å². The molecule has 84 valence electrons. The Labute approximate surface area is 104 Å². The number of furan rings is 1. The summed E-state index contributed by atoms with van der Waals surface area (Å²) in [6.07, 6.45) is 1.63. The van der Waals surface area contributed by atoms with Crippen LogP contribution < -0.4 is 5.73 Å². The van der Waals surface area contributed by atoms with Gasteiger partial charge in [0.25, 0.3) is 0 Å². The molecular weight excluding hydrogens is 242 g/mol. The molecule has 0 radical (unpaired) electrons. The van der Waals surface area contributed by atoms with Gasteiger partial charge >= 0.3 is 0 Å². The van der Waals surface area contributed by atoms with Crippen LogP contribution in [0.15, 0.2) is 52.0 Å². The quantitative estimate of drug-likeness (QED) is 0.844. The van der Waals surface area contributed by atoms with E-state index in [1.54, 1.807) is 18.0 Å². The predicted molar refractivity (Wildman–Crippen MR) is 67.8 cm³/mol. The highest BCUT2D eigenvalue weighted by Gasteiger charge is 2.10. The second-order valence-corrected chi connectivity index (χ2v) is 4.83. The minimum absolute atomic E-state index is 0.101. The van der Waals surface area contributed by atoms with E-state index in [-0.39, 0.29) is 6.04 Å². The first-order chi connectivity index (χ1) is 7.77. The highest BCUT2D eigenvalue weighted by atomic mass is 35.5. The van der Waals surface area contributed by atoms with Crippen molar-refractivity contribution in [3.63, 3.8) is 0 Å². The molecule has 0 bridgehead atoms. The number of benzene rings is 1. The summed E-state index contributed by atoms with van der Waals surface area (Å²) in [4.78, 5) is 1.05. The normalized spacial score (nSPS) is 12.6. The Bertz CT molecular complexity index is 444. The molecule has 1 aromatic heterocycles. The Balaban J connectivity index is 1.95. The molecule has 1 aromatic carbocycles. The third-order valence-electron chi connectivity index (χ3n) is 2.16. The van der Waals surface area contributed by atoms with Gasteiger partial charge in [-0.3, -0.25) is 0 Å². The largest absolute Gasteiger partial charge is 0.468 e. The van der Waals surface area contributed by atoms with Gasteiger partial charge in [0, 0.05) is 10.6 Å². The minimum Gasteiger partial charge on any atom is -0.468 e. The summed E-state index contributed by atoms with van der Waals surface area (Å²) in [5.74, 6) is 1.55. The van der Waals surface area contributed by atoms with E-state index in [1.807, 2.05) is 36.4 Å². The first kappa shape index (κ1) is 11.6. The van der Waals surface area contributed by atoms with Crippen LogP contribution in [0.5, 0.6) is 0 Å². The van der Waals surface area contributed by atoms with Crippen LogP contribution in [0.4, 0.5) is 0 Å². The molecule has 0 aliphatic rings. The number of rotatable bonds is 4. The summed E-state index contributed by atoms with van der Waals surface area (Å²) in [5.41, 5.74) is 5.98. The Kier molecular flexibility index (Phi) is 3.93. The molecule has 2 N–H and O–H groups in total. The molecule has 0 spiro atoms. The zero-order valence-corrected chi connectivity index (χ0v) is 10.2. The third kappa shape index (κ3) is 2.82. The van der Waals surface area contributed by atoms with Crippen LogP contribution in [-0.4, -0.2) is 5.75 Å². The van der Waals surface area contributed by atoms with E-state index >= 15 is 0 Å². The van der Waals surface area contributed by atoms with E-state index in [1.165, 1.54) is 0 Å². The summed E-state index contributed by atoms with van der Waals surface area (Å²) >= 11 is 7.68. The van der Waals surface area contributed by atoms with Crippen molar-refractivity contribution in [1.82, 2.24) is 0 Å². The Morgan fingerprint density at radius 3 is 2.75 bits per heavy atom. The molecule has 2 aromatic rings. The molecule has 1 unspecified atom stereocenters. The standard InChI is InChI=1S/C12H12ClNOS/c13-9-4-1-2-6-12(9)16-8-10(14)11-5-3-7-15-11/h1-7,10H,8,14H2. The van der Waals surface area contributed by atoms with Crippen molar-refractivity contribution in [3.05, 3.63) is 53.4 Å². The minimum atomic E-state index is -0.101. The fourth-order valence-electron chi connectivity index (χ4n) is 1.33. The van der Waals surface area contributed by atoms with Gasteiger partial charge in [0.1, 0.15) is 5.76 Å². The van der Waals surface area contributed by atoms with Gasteiger partial charge in [-0.2, -0.15) is 0 Å². The van der Waals surface area contributed by atoms with Crippen molar-refractivity contribution in [2.75, 3.05) is 5.75 Å². The average Bonchev–Trinajstić information content (AvgIpc) is 2.81. The number of hydrogen-bond donors (Lipinski definition) is 1. The maximum atomic E-state index is 6.05. The van der Waals surface area contributed by atoms with E-state index in [0.717, 1.165) is 21.4 Å². The molecule has 2 nitrogen and oxygen atoms in total. The maximum absolute atomic E-state index is 6.05. The first-order valence-electron chi connectivity index (χ1n) is 4.93. The van der Waals surface area contributed by atoms with E-state index in [0.29, 0.717) is 0 Å². The van der Waals surface area contributed by atoms with Crippen molar-refractivity contribution < 1.29 is 4.42 Å². The van der Waals surface area contributed by atoms with E-state index in [9.17, 15) is 0 Å². The second-order valence-electron chi connectivity index (χ2n) is 3.36. The lowest BCUT2D eigenvalue weighted by Gasteiger charge is -2.08. The van der Waals surface area contributed by atoms with Crippen LogP contribution in [0.2, 0.25) is 5.02 Å². The van der Waals surface area contributed by atoms with Crippen molar-refractivity contribution >= 4 is 23.4 Å². The van der Waals surface area contributed by atoms with E-state index < -0.39 is 0 Å². The molecule has 0 saturated carbocycles. The van der Waals surface area contributed by atoms with Crippen molar-refractivity contribution in [2.24, 2.45) is 5.73 Å². The molecule has 0 amide bonds. The zero-order chi connectivity index (χ0) is 11.4. The van der Waals surface area contributed by atoms with Crippen LogP contribution in [0.25, 0.3) is 0 Å². The van der Waals surface area contributed by atoms with Crippen LogP contribution >= 0.6 is 23.4 Å². The lowest BCUT2D eigenvalue weighted by atomic mass is 10.3. The molecule has 16 heavy (non-hydrogen) atoms. The smallest absolute Gasteiger partial charge is 0.121 e. The third-order valence-corrected chi connectivity index (χ3v) is 3.80. The molecule has 2 rings (SSSR count). The van der Waals surface area contributed by atoms with Gasteiger partial charge in [0.05, 0.1) is 17.3 Å². The summed E-state index contributed by atoms with van der Waals surface area (Å²) in [6.45, 7) is 0. The zero-order valence-electron chi connectivity index (χ0n) is 8.60. The van der Waals surface area contributed by atoms with Crippen molar-refractivity contribution in [2.45, 2.75) is 10.9 Å². The lowest BCUT2D eigenvalue weighted by Crippen LogP contribution is -2.11. The number of nitrogens with two attached hydrogens (primary N) is 1. The molecule has 1 atom stereocenters. The van der Waals surface area contributed by atoms with E-state index in [4.69, 9.17) is 21.8 Å². The highest BCUT2D eigenvalue weighted by Crippen LogP contribution is 2.29. The topological polar surface area (TPSA) is 39.2 Å². The Hall–Kier alpha value is -0.900. The molecule has 0 fully saturated rings. The van der Waals surface area contributed by atoms with Crippen LogP contribution in [-0.2, 0) is 0 Å². The Morgan fingerprint density at radius 2 is 2.06 bits per heavy atom. The SMILES string of the molecule is NC(CSc1ccccc1Cl)c1ccco1. The molecule has 1 heterocycles.